The van der Waals surface area contributed by atoms with Gasteiger partial charge in [-0.15, -0.1) is 0 Å². The van der Waals surface area contributed by atoms with E-state index in [1.165, 1.54) is 6.07 Å². The summed E-state index contributed by atoms with van der Waals surface area (Å²) in [5.41, 5.74) is -0.110. The Hall–Kier alpha value is -2.04. The normalized spacial score (nSPS) is 10.2. The third kappa shape index (κ3) is 2.75. The summed E-state index contributed by atoms with van der Waals surface area (Å²) in [5.74, 6) is -2.87. The van der Waals surface area contributed by atoms with Gasteiger partial charge in [0.1, 0.15) is 11.3 Å². The van der Waals surface area contributed by atoms with E-state index in [2.05, 4.69) is 0 Å². The number of aromatic hydroxyl groups is 1. The van der Waals surface area contributed by atoms with Gasteiger partial charge in [-0.1, -0.05) is 13.3 Å². The molecule has 92 valence electrons. The van der Waals surface area contributed by atoms with Crippen molar-refractivity contribution in [2.24, 2.45) is 0 Å². The molecule has 0 fully saturated rings. The van der Waals surface area contributed by atoms with E-state index >= 15 is 0 Å². The molecule has 1 aromatic rings. The number of hydrogen-bond acceptors (Lipinski definition) is 3. The SMILES string of the molecule is CCCCc1c(C(=O)O)ccc(C(=O)O)c1O. The van der Waals surface area contributed by atoms with Crippen molar-refractivity contribution in [3.8, 4) is 5.75 Å². The van der Waals surface area contributed by atoms with E-state index in [1.54, 1.807) is 0 Å². The molecule has 17 heavy (non-hydrogen) atoms. The highest BCUT2D eigenvalue weighted by Crippen LogP contribution is 2.28. The molecule has 3 N–H and O–H groups in total. The molecule has 0 aliphatic heterocycles. The molecule has 0 atom stereocenters. The van der Waals surface area contributed by atoms with Crippen molar-refractivity contribution < 1.29 is 24.9 Å². The molecule has 0 bridgehead atoms. The topological polar surface area (TPSA) is 94.8 Å². The molecule has 0 saturated heterocycles. The quantitative estimate of drug-likeness (QED) is 0.730. The van der Waals surface area contributed by atoms with Gasteiger partial charge in [0, 0.05) is 5.56 Å². The smallest absolute Gasteiger partial charge is 0.339 e. The van der Waals surface area contributed by atoms with Gasteiger partial charge in [0.05, 0.1) is 5.56 Å². The zero-order valence-corrected chi connectivity index (χ0v) is 9.43. The van der Waals surface area contributed by atoms with Gasteiger partial charge in [-0.2, -0.15) is 0 Å². The van der Waals surface area contributed by atoms with Gasteiger partial charge in [-0.3, -0.25) is 0 Å². The number of aromatic carboxylic acids is 2. The Bertz CT molecular complexity index is 450. The lowest BCUT2D eigenvalue weighted by molar-refractivity contribution is 0.0676. The van der Waals surface area contributed by atoms with E-state index in [9.17, 15) is 14.7 Å². The number of benzene rings is 1. The standard InChI is InChI=1S/C12H14O5/c1-2-3-4-7-8(11(14)15)5-6-9(10(7)13)12(16)17/h5-6,13H,2-4H2,1H3,(H,14,15)(H,16,17). The first-order chi connectivity index (χ1) is 7.99. The molecule has 5 heteroatoms. The van der Waals surface area contributed by atoms with E-state index < -0.39 is 17.7 Å². The van der Waals surface area contributed by atoms with Crippen molar-refractivity contribution in [1.29, 1.82) is 0 Å². The fourth-order valence-electron chi connectivity index (χ4n) is 1.62. The van der Waals surface area contributed by atoms with Crippen LogP contribution in [0.4, 0.5) is 0 Å². The molecule has 0 saturated carbocycles. The average Bonchev–Trinajstić information content (AvgIpc) is 2.26. The Morgan fingerprint density at radius 1 is 1.12 bits per heavy atom. The first kappa shape index (κ1) is 13.0. The van der Waals surface area contributed by atoms with Gasteiger partial charge < -0.3 is 15.3 Å². The number of carboxylic acids is 2. The highest BCUT2D eigenvalue weighted by Gasteiger charge is 2.19. The fourth-order valence-corrected chi connectivity index (χ4v) is 1.62. The predicted molar refractivity (Wildman–Crippen MR) is 60.6 cm³/mol. The van der Waals surface area contributed by atoms with Crippen molar-refractivity contribution >= 4 is 11.9 Å². The Morgan fingerprint density at radius 2 is 1.65 bits per heavy atom. The Labute approximate surface area is 98.3 Å². The Kier molecular flexibility index (Phi) is 4.09. The molecular formula is C12H14O5. The minimum absolute atomic E-state index is 0.0408. The zero-order valence-electron chi connectivity index (χ0n) is 9.43. The zero-order chi connectivity index (χ0) is 13.0. The van der Waals surface area contributed by atoms with E-state index in [4.69, 9.17) is 10.2 Å². The number of carbonyl (C=O) groups is 2. The molecule has 0 aliphatic carbocycles. The van der Waals surface area contributed by atoms with Crippen LogP contribution in [0.1, 0.15) is 46.0 Å². The van der Waals surface area contributed by atoms with Crippen molar-refractivity contribution in [2.75, 3.05) is 0 Å². The molecule has 0 heterocycles. The molecule has 0 unspecified atom stereocenters. The summed E-state index contributed by atoms with van der Waals surface area (Å²) in [6.07, 6.45) is 1.87. The van der Waals surface area contributed by atoms with Gasteiger partial charge in [0.25, 0.3) is 0 Å². The van der Waals surface area contributed by atoms with Crippen LogP contribution in [0.25, 0.3) is 0 Å². The molecular weight excluding hydrogens is 224 g/mol. The number of unbranched alkanes of at least 4 members (excludes halogenated alkanes) is 1. The van der Waals surface area contributed by atoms with Gasteiger partial charge in [0.15, 0.2) is 0 Å². The lowest BCUT2D eigenvalue weighted by Crippen LogP contribution is -2.07. The lowest BCUT2D eigenvalue weighted by atomic mass is 9.97. The summed E-state index contributed by atoms with van der Waals surface area (Å²) in [7, 11) is 0. The maximum absolute atomic E-state index is 11.0. The second-order valence-electron chi connectivity index (χ2n) is 3.70. The molecule has 0 aromatic heterocycles. The van der Waals surface area contributed by atoms with Crippen molar-refractivity contribution in [1.82, 2.24) is 0 Å². The number of phenols is 1. The maximum Gasteiger partial charge on any atom is 0.339 e. The summed E-state index contributed by atoms with van der Waals surface area (Å²) in [6, 6.07) is 2.33. The van der Waals surface area contributed by atoms with Crippen molar-refractivity contribution in [2.45, 2.75) is 26.2 Å². The fraction of sp³-hybridized carbons (Fsp3) is 0.333. The second-order valence-corrected chi connectivity index (χ2v) is 3.70. The summed E-state index contributed by atoms with van der Waals surface area (Å²) >= 11 is 0. The van der Waals surface area contributed by atoms with Crippen LogP contribution in [0, 0.1) is 0 Å². The first-order valence-electron chi connectivity index (χ1n) is 5.30. The minimum atomic E-state index is -1.27. The van der Waals surface area contributed by atoms with Crippen LogP contribution in [0.2, 0.25) is 0 Å². The maximum atomic E-state index is 11.0. The van der Waals surface area contributed by atoms with Crippen LogP contribution in [-0.2, 0) is 6.42 Å². The molecule has 0 radical (unpaired) electrons. The van der Waals surface area contributed by atoms with Crippen LogP contribution in [0.5, 0.6) is 5.75 Å². The molecule has 1 rings (SSSR count). The van der Waals surface area contributed by atoms with Crippen LogP contribution < -0.4 is 0 Å². The largest absolute Gasteiger partial charge is 0.507 e. The molecule has 1 aromatic carbocycles. The summed E-state index contributed by atoms with van der Waals surface area (Å²) in [4.78, 5) is 21.8. The number of rotatable bonds is 5. The number of hydrogen-bond donors (Lipinski definition) is 3. The average molecular weight is 238 g/mol. The van der Waals surface area contributed by atoms with E-state index in [1.807, 2.05) is 6.92 Å². The summed E-state index contributed by atoms with van der Waals surface area (Å²) < 4.78 is 0. The third-order valence-electron chi connectivity index (χ3n) is 2.52. The number of carboxylic acid groups (broad SMARTS) is 2. The molecule has 5 nitrogen and oxygen atoms in total. The highest BCUT2D eigenvalue weighted by molar-refractivity contribution is 5.96. The predicted octanol–water partition coefficient (Wildman–Crippen LogP) is 2.13. The van der Waals surface area contributed by atoms with Crippen LogP contribution >= 0.6 is 0 Å². The van der Waals surface area contributed by atoms with Gasteiger partial charge >= 0.3 is 11.9 Å². The Balaban J connectivity index is 3.31. The van der Waals surface area contributed by atoms with Gasteiger partial charge in [0.2, 0.25) is 0 Å². The van der Waals surface area contributed by atoms with E-state index in [0.717, 1.165) is 12.5 Å². The van der Waals surface area contributed by atoms with Crippen molar-refractivity contribution in [3.63, 3.8) is 0 Å². The first-order valence-corrected chi connectivity index (χ1v) is 5.30. The van der Waals surface area contributed by atoms with Crippen LogP contribution in [-0.4, -0.2) is 27.3 Å². The third-order valence-corrected chi connectivity index (χ3v) is 2.52. The van der Waals surface area contributed by atoms with E-state index in [0.29, 0.717) is 12.8 Å². The monoisotopic (exact) mass is 238 g/mol. The second kappa shape index (κ2) is 5.34. The van der Waals surface area contributed by atoms with Gasteiger partial charge in [-0.25, -0.2) is 9.59 Å². The summed E-state index contributed by atoms with van der Waals surface area (Å²) in [6.45, 7) is 1.93. The highest BCUT2D eigenvalue weighted by atomic mass is 16.4. The van der Waals surface area contributed by atoms with Crippen LogP contribution in [0.3, 0.4) is 0 Å². The molecule has 0 amide bonds. The molecule has 0 aliphatic rings. The summed E-state index contributed by atoms with van der Waals surface area (Å²) in [5, 5.41) is 27.6. The molecule has 0 spiro atoms. The van der Waals surface area contributed by atoms with E-state index in [-0.39, 0.29) is 16.7 Å². The minimum Gasteiger partial charge on any atom is -0.507 e. The van der Waals surface area contributed by atoms with Crippen LogP contribution in [0.15, 0.2) is 12.1 Å². The van der Waals surface area contributed by atoms with Crippen molar-refractivity contribution in [3.05, 3.63) is 28.8 Å². The van der Waals surface area contributed by atoms with Gasteiger partial charge in [-0.05, 0) is 25.0 Å². The Morgan fingerprint density at radius 3 is 2.12 bits per heavy atom. The lowest BCUT2D eigenvalue weighted by Gasteiger charge is -2.10.